The van der Waals surface area contributed by atoms with Gasteiger partial charge in [-0.1, -0.05) is 58.1 Å². The SMILES string of the molecule is COc1ccc(C(=O)c2ccccc2)cc1OCCCN1CCC(c2noc3cc(F)ccc23)CC1I. The largest absolute Gasteiger partial charge is 0.493 e. The molecule has 0 radical (unpaired) electrons. The second-order valence-corrected chi connectivity index (χ2v) is 10.6. The van der Waals surface area contributed by atoms with E-state index in [4.69, 9.17) is 14.0 Å². The normalized spacial score (nSPS) is 18.1. The van der Waals surface area contributed by atoms with Crippen molar-refractivity contribution >= 4 is 39.3 Å². The summed E-state index contributed by atoms with van der Waals surface area (Å²) < 4.78 is 30.7. The number of carbonyl (C=O) groups excluding carboxylic acids is 1. The number of ketones is 1. The Hall–Kier alpha value is -2.98. The number of hydrogen-bond acceptors (Lipinski definition) is 6. The summed E-state index contributed by atoms with van der Waals surface area (Å²) >= 11 is 2.49. The molecule has 1 aromatic heterocycles. The van der Waals surface area contributed by atoms with E-state index in [1.807, 2.05) is 30.3 Å². The molecular formula is C29H28FIN2O4. The molecule has 3 aromatic carbocycles. The number of likely N-dealkylation sites (tertiary alicyclic amines) is 1. The summed E-state index contributed by atoms with van der Waals surface area (Å²) in [7, 11) is 1.60. The van der Waals surface area contributed by atoms with Gasteiger partial charge in [-0.15, -0.1) is 0 Å². The van der Waals surface area contributed by atoms with Gasteiger partial charge in [0.15, 0.2) is 22.9 Å². The predicted octanol–water partition coefficient (Wildman–Crippen LogP) is 6.62. The van der Waals surface area contributed by atoms with Crippen LogP contribution in [0.15, 0.2) is 71.3 Å². The van der Waals surface area contributed by atoms with Gasteiger partial charge in [-0.3, -0.25) is 9.69 Å². The van der Waals surface area contributed by atoms with Gasteiger partial charge in [-0.2, -0.15) is 0 Å². The third-order valence-electron chi connectivity index (χ3n) is 6.80. The zero-order chi connectivity index (χ0) is 25.8. The van der Waals surface area contributed by atoms with Crippen LogP contribution in [0.4, 0.5) is 4.39 Å². The number of halogens is 2. The average Bonchev–Trinajstić information content (AvgIpc) is 3.34. The van der Waals surface area contributed by atoms with E-state index in [-0.39, 0.29) is 17.5 Å². The van der Waals surface area contributed by atoms with Gasteiger partial charge in [-0.05, 0) is 56.1 Å². The van der Waals surface area contributed by atoms with E-state index in [9.17, 15) is 9.18 Å². The minimum absolute atomic E-state index is 0.0475. The zero-order valence-electron chi connectivity index (χ0n) is 20.5. The number of benzene rings is 3. The fraction of sp³-hybridized carbons (Fsp3) is 0.310. The van der Waals surface area contributed by atoms with Gasteiger partial charge in [0, 0.05) is 35.0 Å². The number of nitrogens with zero attached hydrogens (tertiary/aromatic N) is 2. The van der Waals surface area contributed by atoms with Crippen LogP contribution in [0.1, 0.15) is 46.8 Å². The molecule has 5 rings (SSSR count). The van der Waals surface area contributed by atoms with Crippen LogP contribution in [0.2, 0.25) is 0 Å². The molecule has 1 fully saturated rings. The van der Waals surface area contributed by atoms with Crippen molar-refractivity contribution in [3.05, 3.63) is 89.4 Å². The van der Waals surface area contributed by atoms with Gasteiger partial charge in [0.2, 0.25) is 0 Å². The number of aromatic nitrogens is 1. The zero-order valence-corrected chi connectivity index (χ0v) is 22.7. The number of fused-ring (bicyclic) bond motifs is 1. The third kappa shape index (κ3) is 5.80. The lowest BCUT2D eigenvalue weighted by Gasteiger charge is -2.36. The first kappa shape index (κ1) is 25.7. The van der Waals surface area contributed by atoms with Gasteiger partial charge < -0.3 is 14.0 Å². The van der Waals surface area contributed by atoms with Gasteiger partial charge in [-0.25, -0.2) is 4.39 Å². The first-order valence-electron chi connectivity index (χ1n) is 12.4. The van der Waals surface area contributed by atoms with E-state index in [0.29, 0.717) is 38.9 Å². The molecule has 2 heterocycles. The summed E-state index contributed by atoms with van der Waals surface area (Å²) in [6.45, 7) is 2.36. The van der Waals surface area contributed by atoms with Crippen molar-refractivity contribution in [1.29, 1.82) is 0 Å². The molecule has 37 heavy (non-hydrogen) atoms. The fourth-order valence-corrected chi connectivity index (χ4v) is 6.00. The van der Waals surface area contributed by atoms with Crippen LogP contribution < -0.4 is 9.47 Å². The van der Waals surface area contributed by atoms with Crippen molar-refractivity contribution in [3.8, 4) is 11.5 Å². The topological polar surface area (TPSA) is 64.8 Å². The van der Waals surface area contributed by atoms with Crippen molar-refractivity contribution in [2.45, 2.75) is 29.2 Å². The number of carbonyl (C=O) groups is 1. The lowest BCUT2D eigenvalue weighted by molar-refractivity contribution is 0.103. The van der Waals surface area contributed by atoms with Crippen molar-refractivity contribution in [3.63, 3.8) is 0 Å². The maximum absolute atomic E-state index is 13.5. The summed E-state index contributed by atoms with van der Waals surface area (Å²) in [6, 6.07) is 19.1. The lowest BCUT2D eigenvalue weighted by Crippen LogP contribution is -2.39. The third-order valence-corrected chi connectivity index (χ3v) is 8.09. The van der Waals surface area contributed by atoms with E-state index in [0.717, 1.165) is 43.4 Å². The predicted molar refractivity (Wildman–Crippen MR) is 148 cm³/mol. The maximum Gasteiger partial charge on any atom is 0.193 e. The van der Waals surface area contributed by atoms with Crippen molar-refractivity contribution < 1.29 is 23.2 Å². The molecule has 1 aliphatic rings. The van der Waals surface area contributed by atoms with Gasteiger partial charge in [0.05, 0.1) is 23.5 Å². The highest BCUT2D eigenvalue weighted by Crippen LogP contribution is 2.37. The lowest BCUT2D eigenvalue weighted by atomic mass is 9.91. The number of methoxy groups -OCH3 is 1. The molecule has 6 nitrogen and oxygen atoms in total. The molecule has 0 bridgehead atoms. The Morgan fingerprint density at radius 3 is 2.73 bits per heavy atom. The highest BCUT2D eigenvalue weighted by Gasteiger charge is 2.30. The Bertz CT molecular complexity index is 1380. The van der Waals surface area contributed by atoms with E-state index in [1.54, 1.807) is 31.4 Å². The summed E-state index contributed by atoms with van der Waals surface area (Å²) in [5.41, 5.74) is 2.64. The van der Waals surface area contributed by atoms with Crippen LogP contribution in [0.5, 0.6) is 11.5 Å². The second kappa shape index (κ2) is 11.6. The number of rotatable bonds is 9. The number of ether oxygens (including phenoxy) is 2. The monoisotopic (exact) mass is 614 g/mol. The summed E-state index contributed by atoms with van der Waals surface area (Å²) in [5.74, 6) is 1.11. The Kier molecular flexibility index (Phi) is 8.05. The standard InChI is InChI=1S/C29H28FIN2O4/c1-35-24-11-8-21(29(34)19-6-3-2-4-7-19)16-26(24)36-15-5-13-33-14-12-20(17-27(33)31)28-23-10-9-22(30)18-25(23)37-32-28/h2-4,6-11,16,18,20,27H,5,12-15,17H2,1H3. The molecule has 1 aliphatic heterocycles. The Labute approximate surface area is 228 Å². The molecule has 192 valence electrons. The first-order valence-corrected chi connectivity index (χ1v) is 13.6. The van der Waals surface area contributed by atoms with Crippen LogP contribution in [0.3, 0.4) is 0 Å². The second-order valence-electron chi connectivity index (χ2n) is 9.16. The maximum atomic E-state index is 13.5. The number of hydrogen-bond donors (Lipinski definition) is 0. The average molecular weight is 614 g/mol. The van der Waals surface area contributed by atoms with E-state index in [2.05, 4.69) is 32.6 Å². The quantitative estimate of drug-likeness (QED) is 0.0695. The first-order chi connectivity index (χ1) is 18.0. The minimum atomic E-state index is -0.314. The fourth-order valence-electron chi connectivity index (χ4n) is 4.83. The van der Waals surface area contributed by atoms with E-state index >= 15 is 0 Å². The molecule has 0 aliphatic carbocycles. The van der Waals surface area contributed by atoms with E-state index in [1.165, 1.54) is 12.1 Å². The Morgan fingerprint density at radius 1 is 1.11 bits per heavy atom. The van der Waals surface area contributed by atoms with Crippen LogP contribution in [-0.4, -0.2) is 46.7 Å². The van der Waals surface area contributed by atoms with Crippen LogP contribution in [0, 0.1) is 5.82 Å². The molecule has 4 aromatic rings. The Morgan fingerprint density at radius 2 is 1.95 bits per heavy atom. The molecule has 0 spiro atoms. The van der Waals surface area contributed by atoms with Crippen LogP contribution >= 0.6 is 22.6 Å². The molecule has 2 atom stereocenters. The van der Waals surface area contributed by atoms with Crippen molar-refractivity contribution in [2.75, 3.05) is 26.8 Å². The smallest absolute Gasteiger partial charge is 0.193 e. The molecule has 1 saturated heterocycles. The molecule has 0 saturated carbocycles. The molecule has 8 heteroatoms. The van der Waals surface area contributed by atoms with Gasteiger partial charge in [0.1, 0.15) is 5.82 Å². The minimum Gasteiger partial charge on any atom is -0.493 e. The van der Waals surface area contributed by atoms with Crippen molar-refractivity contribution in [1.82, 2.24) is 10.1 Å². The Balaban J connectivity index is 1.15. The van der Waals surface area contributed by atoms with Gasteiger partial charge in [0.25, 0.3) is 0 Å². The molecule has 2 unspecified atom stereocenters. The van der Waals surface area contributed by atoms with E-state index < -0.39 is 0 Å². The van der Waals surface area contributed by atoms with Crippen molar-refractivity contribution in [2.24, 2.45) is 0 Å². The summed E-state index contributed by atoms with van der Waals surface area (Å²) in [4.78, 5) is 15.3. The molecular weight excluding hydrogens is 586 g/mol. The highest BCUT2D eigenvalue weighted by atomic mass is 127. The molecule has 0 amide bonds. The number of alkyl halides is 1. The summed E-state index contributed by atoms with van der Waals surface area (Å²) in [6.07, 6.45) is 2.77. The van der Waals surface area contributed by atoms with Crippen LogP contribution in [0.25, 0.3) is 11.0 Å². The summed E-state index contributed by atoms with van der Waals surface area (Å²) in [5, 5.41) is 5.17. The van der Waals surface area contributed by atoms with Crippen LogP contribution in [-0.2, 0) is 0 Å². The highest BCUT2D eigenvalue weighted by molar-refractivity contribution is 14.1. The van der Waals surface area contributed by atoms with Gasteiger partial charge >= 0.3 is 0 Å². The molecule has 0 N–H and O–H groups in total. The number of piperidine rings is 1.